The number of methoxy groups -OCH3 is 1. The molecular weight excluding hydrogens is 290 g/mol. The molecule has 2 aromatic rings. The predicted molar refractivity (Wildman–Crippen MR) is 80.5 cm³/mol. The first-order chi connectivity index (χ1) is 10.1. The molecule has 0 unspecified atom stereocenters. The van der Waals surface area contributed by atoms with Crippen LogP contribution in [0, 0.1) is 0 Å². The quantitative estimate of drug-likeness (QED) is 0.831. The third-order valence-electron chi connectivity index (χ3n) is 2.85. The van der Waals surface area contributed by atoms with Crippen LogP contribution in [0.1, 0.15) is 29.5 Å². The van der Waals surface area contributed by atoms with Gasteiger partial charge < -0.3 is 9.30 Å². The van der Waals surface area contributed by atoms with Gasteiger partial charge in [-0.25, -0.2) is 4.98 Å². The smallest absolute Gasteiger partial charge is 0.311 e. The van der Waals surface area contributed by atoms with Gasteiger partial charge in [0.15, 0.2) is 5.13 Å². The molecule has 0 aliphatic carbocycles. The van der Waals surface area contributed by atoms with Gasteiger partial charge in [-0.15, -0.1) is 11.3 Å². The topological polar surface area (TPSA) is 73.2 Å². The lowest BCUT2D eigenvalue weighted by Gasteiger charge is -2.06. The number of nitrogens with one attached hydrogen (secondary N) is 1. The van der Waals surface area contributed by atoms with Gasteiger partial charge in [0.05, 0.1) is 19.2 Å². The van der Waals surface area contributed by atoms with Gasteiger partial charge in [0, 0.05) is 18.1 Å². The lowest BCUT2D eigenvalue weighted by Crippen LogP contribution is -2.16. The maximum absolute atomic E-state index is 12.2. The van der Waals surface area contributed by atoms with E-state index in [2.05, 4.69) is 22.0 Å². The first kappa shape index (κ1) is 15.2. The molecular formula is C14H17N3O3S. The Kier molecular flexibility index (Phi) is 5.10. The van der Waals surface area contributed by atoms with Crippen molar-refractivity contribution in [1.29, 1.82) is 0 Å². The Balaban J connectivity index is 2.02. The van der Waals surface area contributed by atoms with Gasteiger partial charge in [-0.3, -0.25) is 14.9 Å². The zero-order valence-corrected chi connectivity index (χ0v) is 12.8. The summed E-state index contributed by atoms with van der Waals surface area (Å²) < 4.78 is 6.48. The number of anilines is 1. The number of carbonyl (C=O) groups is 2. The molecule has 0 aromatic carbocycles. The SMILES string of the molecule is CCCn1cccc1C(=O)Nc1nc(CC(=O)OC)cs1. The van der Waals surface area contributed by atoms with Gasteiger partial charge in [0.2, 0.25) is 0 Å². The fourth-order valence-corrected chi connectivity index (χ4v) is 2.59. The van der Waals surface area contributed by atoms with Crippen molar-refractivity contribution in [3.05, 3.63) is 35.1 Å². The number of esters is 1. The normalized spacial score (nSPS) is 10.4. The van der Waals surface area contributed by atoms with Crippen LogP contribution in [0.15, 0.2) is 23.7 Å². The highest BCUT2D eigenvalue weighted by atomic mass is 32.1. The molecule has 0 atom stereocenters. The van der Waals surface area contributed by atoms with Crippen molar-refractivity contribution >= 4 is 28.3 Å². The molecule has 1 N–H and O–H groups in total. The number of amides is 1. The summed E-state index contributed by atoms with van der Waals surface area (Å²) in [4.78, 5) is 27.6. The van der Waals surface area contributed by atoms with Crippen LogP contribution in [0.5, 0.6) is 0 Å². The second kappa shape index (κ2) is 7.03. The number of aromatic nitrogens is 2. The Hall–Kier alpha value is -2.15. The summed E-state index contributed by atoms with van der Waals surface area (Å²) >= 11 is 1.29. The summed E-state index contributed by atoms with van der Waals surface area (Å²) in [7, 11) is 1.33. The highest BCUT2D eigenvalue weighted by molar-refractivity contribution is 7.14. The number of thiazole rings is 1. The van der Waals surface area contributed by atoms with Crippen molar-refractivity contribution in [2.24, 2.45) is 0 Å². The summed E-state index contributed by atoms with van der Waals surface area (Å²) in [5.41, 5.74) is 1.19. The van der Waals surface area contributed by atoms with E-state index in [1.807, 2.05) is 16.8 Å². The summed E-state index contributed by atoms with van der Waals surface area (Å²) in [6.45, 7) is 2.85. The highest BCUT2D eigenvalue weighted by Gasteiger charge is 2.13. The number of nitrogens with zero attached hydrogens (tertiary/aromatic N) is 2. The van der Waals surface area contributed by atoms with E-state index in [1.54, 1.807) is 11.4 Å². The van der Waals surface area contributed by atoms with E-state index in [0.29, 0.717) is 16.5 Å². The molecule has 112 valence electrons. The Morgan fingerprint density at radius 2 is 2.29 bits per heavy atom. The van der Waals surface area contributed by atoms with E-state index in [1.165, 1.54) is 18.4 Å². The zero-order valence-electron chi connectivity index (χ0n) is 12.0. The lowest BCUT2D eigenvalue weighted by molar-refractivity contribution is -0.139. The molecule has 0 spiro atoms. The second-order valence-corrected chi connectivity index (χ2v) is 5.30. The fraction of sp³-hybridized carbons (Fsp3) is 0.357. The van der Waals surface area contributed by atoms with Crippen molar-refractivity contribution in [1.82, 2.24) is 9.55 Å². The van der Waals surface area contributed by atoms with Crippen molar-refractivity contribution in [3.63, 3.8) is 0 Å². The molecule has 6 nitrogen and oxygen atoms in total. The number of hydrogen-bond acceptors (Lipinski definition) is 5. The standard InChI is InChI=1S/C14H17N3O3S/c1-3-6-17-7-4-5-11(17)13(19)16-14-15-10(9-21-14)8-12(18)20-2/h4-5,7,9H,3,6,8H2,1-2H3,(H,15,16,19). The molecule has 2 heterocycles. The Morgan fingerprint density at radius 1 is 1.48 bits per heavy atom. The van der Waals surface area contributed by atoms with Crippen molar-refractivity contribution in [2.75, 3.05) is 12.4 Å². The van der Waals surface area contributed by atoms with Gasteiger partial charge in [0.1, 0.15) is 5.69 Å². The molecule has 2 rings (SSSR count). The van der Waals surface area contributed by atoms with Crippen LogP contribution in [0.25, 0.3) is 0 Å². The molecule has 0 aliphatic heterocycles. The largest absolute Gasteiger partial charge is 0.469 e. The summed E-state index contributed by atoms with van der Waals surface area (Å²) in [5.74, 6) is -0.553. The summed E-state index contributed by atoms with van der Waals surface area (Å²) in [6, 6.07) is 3.61. The number of rotatable bonds is 6. The monoisotopic (exact) mass is 307 g/mol. The molecule has 21 heavy (non-hydrogen) atoms. The predicted octanol–water partition coefficient (Wildman–Crippen LogP) is 2.32. The average Bonchev–Trinajstić information content (AvgIpc) is 3.08. The first-order valence-corrected chi connectivity index (χ1v) is 7.49. The molecule has 0 aliphatic rings. The maximum atomic E-state index is 12.2. The van der Waals surface area contributed by atoms with Gasteiger partial charge in [0.25, 0.3) is 5.91 Å². The fourth-order valence-electron chi connectivity index (χ4n) is 1.88. The molecule has 0 radical (unpaired) electrons. The molecule has 7 heteroatoms. The molecule has 0 saturated heterocycles. The third-order valence-corrected chi connectivity index (χ3v) is 3.66. The first-order valence-electron chi connectivity index (χ1n) is 6.61. The molecule has 0 fully saturated rings. The minimum atomic E-state index is -0.352. The minimum Gasteiger partial charge on any atom is -0.469 e. The highest BCUT2D eigenvalue weighted by Crippen LogP contribution is 2.17. The van der Waals surface area contributed by atoms with E-state index in [-0.39, 0.29) is 18.3 Å². The summed E-state index contributed by atoms with van der Waals surface area (Å²) in [5, 5.41) is 4.96. The van der Waals surface area contributed by atoms with E-state index in [9.17, 15) is 9.59 Å². The number of ether oxygens (including phenoxy) is 1. The average molecular weight is 307 g/mol. The molecule has 1 amide bonds. The van der Waals surface area contributed by atoms with E-state index in [4.69, 9.17) is 0 Å². The molecule has 0 saturated carbocycles. The van der Waals surface area contributed by atoms with Crippen LogP contribution in [0.2, 0.25) is 0 Å². The zero-order chi connectivity index (χ0) is 15.2. The lowest BCUT2D eigenvalue weighted by atomic mass is 10.3. The van der Waals surface area contributed by atoms with Gasteiger partial charge >= 0.3 is 5.97 Å². The number of hydrogen-bond donors (Lipinski definition) is 1. The number of aryl methyl sites for hydroxylation is 1. The van der Waals surface area contributed by atoms with Gasteiger partial charge in [-0.05, 0) is 18.6 Å². The van der Waals surface area contributed by atoms with Gasteiger partial charge in [-0.2, -0.15) is 0 Å². The summed E-state index contributed by atoms with van der Waals surface area (Å²) in [6.07, 6.45) is 2.94. The van der Waals surface area contributed by atoms with Crippen molar-refractivity contribution < 1.29 is 14.3 Å². The van der Waals surface area contributed by atoms with Crippen LogP contribution < -0.4 is 5.32 Å². The van der Waals surface area contributed by atoms with E-state index in [0.717, 1.165) is 13.0 Å². The Morgan fingerprint density at radius 3 is 3.00 bits per heavy atom. The van der Waals surface area contributed by atoms with Crippen LogP contribution in [-0.4, -0.2) is 28.5 Å². The van der Waals surface area contributed by atoms with Crippen molar-refractivity contribution in [3.8, 4) is 0 Å². The molecule has 0 bridgehead atoms. The maximum Gasteiger partial charge on any atom is 0.311 e. The Bertz CT molecular complexity index is 633. The van der Waals surface area contributed by atoms with Crippen molar-refractivity contribution in [2.45, 2.75) is 26.3 Å². The second-order valence-electron chi connectivity index (χ2n) is 4.44. The molecule has 2 aromatic heterocycles. The Labute approximate surface area is 126 Å². The van der Waals surface area contributed by atoms with Crippen LogP contribution in [0.3, 0.4) is 0 Å². The van der Waals surface area contributed by atoms with Crippen LogP contribution in [0.4, 0.5) is 5.13 Å². The van der Waals surface area contributed by atoms with Crippen LogP contribution in [-0.2, 0) is 22.5 Å². The minimum absolute atomic E-state index is 0.106. The van der Waals surface area contributed by atoms with E-state index < -0.39 is 0 Å². The van der Waals surface area contributed by atoms with Crippen LogP contribution >= 0.6 is 11.3 Å². The number of carbonyl (C=O) groups excluding carboxylic acids is 2. The van der Waals surface area contributed by atoms with E-state index >= 15 is 0 Å². The third kappa shape index (κ3) is 3.91. The van der Waals surface area contributed by atoms with Gasteiger partial charge in [-0.1, -0.05) is 6.92 Å².